The number of anilines is 1. The fraction of sp³-hybridized carbons (Fsp3) is 0.588. The van der Waals surface area contributed by atoms with Gasteiger partial charge in [0.05, 0.1) is 24.2 Å². The Labute approximate surface area is 152 Å². The van der Waals surface area contributed by atoms with Crippen LogP contribution in [0.25, 0.3) is 0 Å². The molecular weight excluding hydrogens is 336 g/mol. The van der Waals surface area contributed by atoms with Gasteiger partial charge in [0.1, 0.15) is 11.9 Å². The van der Waals surface area contributed by atoms with E-state index in [1.165, 1.54) is 0 Å². The van der Waals surface area contributed by atoms with Gasteiger partial charge in [0.25, 0.3) is 0 Å². The molecule has 1 N–H and O–H groups in total. The van der Waals surface area contributed by atoms with Crippen molar-refractivity contribution in [3.05, 3.63) is 30.0 Å². The Morgan fingerprint density at radius 1 is 1.31 bits per heavy atom. The lowest BCUT2D eigenvalue weighted by Gasteiger charge is -2.22. The van der Waals surface area contributed by atoms with Crippen LogP contribution in [0, 0.1) is 6.92 Å². The minimum Gasteiger partial charge on any atom is -0.423 e. The summed E-state index contributed by atoms with van der Waals surface area (Å²) in [6, 6.07) is -0.603. The molecule has 0 unspecified atom stereocenters. The van der Waals surface area contributed by atoms with E-state index < -0.39 is 0 Å². The largest absolute Gasteiger partial charge is 0.423 e. The van der Waals surface area contributed by atoms with Crippen LogP contribution >= 0.6 is 0 Å². The monoisotopic (exact) mass is 360 g/mol. The summed E-state index contributed by atoms with van der Waals surface area (Å²) in [5, 5.41) is 10.7. The van der Waals surface area contributed by atoms with E-state index in [9.17, 15) is 4.79 Å². The number of aromatic nitrogens is 4. The number of rotatable bonds is 3. The molecule has 2 aromatic rings. The maximum Gasteiger partial charge on any atom is 0.322 e. The Balaban J connectivity index is 1.74. The molecule has 0 bridgehead atoms. The molecule has 0 spiro atoms. The topological polar surface area (TPSA) is 106 Å². The second-order valence-electron chi connectivity index (χ2n) is 7.40. The Kier molecular flexibility index (Phi) is 4.90. The number of hydrogen-bond donors (Lipinski definition) is 1. The van der Waals surface area contributed by atoms with Crippen molar-refractivity contribution in [2.24, 2.45) is 0 Å². The molecular formula is C17H24N6O3. The fourth-order valence-corrected chi connectivity index (χ4v) is 2.85. The van der Waals surface area contributed by atoms with Crippen LogP contribution in [0.1, 0.15) is 50.8 Å². The molecule has 2 aromatic heterocycles. The van der Waals surface area contributed by atoms with Crippen molar-refractivity contribution in [2.75, 3.05) is 19.0 Å². The highest BCUT2D eigenvalue weighted by Gasteiger charge is 2.39. The summed E-state index contributed by atoms with van der Waals surface area (Å²) < 4.78 is 10.9. The summed E-state index contributed by atoms with van der Waals surface area (Å²) in [5.41, 5.74) is 0.383. The number of nitrogens with zero attached hydrogens (tertiary/aromatic N) is 5. The summed E-state index contributed by atoms with van der Waals surface area (Å²) in [6.45, 7) is 8.26. The number of hydrogen-bond acceptors (Lipinski definition) is 7. The van der Waals surface area contributed by atoms with E-state index in [1.54, 1.807) is 31.3 Å². The van der Waals surface area contributed by atoms with Crippen molar-refractivity contribution in [1.82, 2.24) is 25.1 Å². The van der Waals surface area contributed by atoms with Gasteiger partial charge in [-0.2, -0.15) is 0 Å². The van der Waals surface area contributed by atoms with Crippen LogP contribution in [-0.2, 0) is 10.2 Å². The molecule has 9 nitrogen and oxygen atoms in total. The summed E-state index contributed by atoms with van der Waals surface area (Å²) >= 11 is 0. The number of aryl methyl sites for hydroxylation is 1. The Bertz CT molecular complexity index is 768. The molecule has 0 radical (unpaired) electrons. The van der Waals surface area contributed by atoms with Crippen LogP contribution in [0.3, 0.4) is 0 Å². The quantitative estimate of drug-likeness (QED) is 0.896. The number of carbonyl (C=O) groups excluding carboxylic acids is 1. The van der Waals surface area contributed by atoms with Crippen LogP contribution in [0.4, 0.5) is 10.5 Å². The highest BCUT2D eigenvalue weighted by Crippen LogP contribution is 2.33. The molecule has 1 saturated heterocycles. The van der Waals surface area contributed by atoms with Crippen LogP contribution in [0.2, 0.25) is 0 Å². The Morgan fingerprint density at radius 3 is 2.54 bits per heavy atom. The molecule has 2 amide bonds. The number of nitrogens with one attached hydrogen (secondary N) is 1. The molecule has 0 saturated carbocycles. The molecule has 140 valence electrons. The number of urea groups is 1. The number of likely N-dealkylation sites (tertiary alicyclic amines) is 1. The molecule has 0 aliphatic carbocycles. The van der Waals surface area contributed by atoms with Gasteiger partial charge in [-0.1, -0.05) is 20.8 Å². The van der Waals surface area contributed by atoms with Gasteiger partial charge in [0.2, 0.25) is 11.8 Å². The van der Waals surface area contributed by atoms with Crippen LogP contribution in [-0.4, -0.2) is 50.9 Å². The van der Waals surface area contributed by atoms with Gasteiger partial charge in [-0.25, -0.2) is 14.8 Å². The second-order valence-corrected chi connectivity index (χ2v) is 7.40. The normalized spacial score (nSPS) is 20.4. The van der Waals surface area contributed by atoms with Crippen LogP contribution in [0.15, 0.2) is 16.8 Å². The summed E-state index contributed by atoms with van der Waals surface area (Å²) in [7, 11) is 1.63. The van der Waals surface area contributed by atoms with Crippen molar-refractivity contribution in [1.29, 1.82) is 0 Å². The average Bonchev–Trinajstić information content (AvgIpc) is 3.20. The molecule has 3 heterocycles. The second kappa shape index (κ2) is 6.99. The number of carbonyl (C=O) groups is 1. The van der Waals surface area contributed by atoms with Crippen LogP contribution in [0.5, 0.6) is 0 Å². The highest BCUT2D eigenvalue weighted by atomic mass is 16.5. The van der Waals surface area contributed by atoms with Gasteiger partial charge in [0, 0.05) is 32.4 Å². The molecule has 9 heteroatoms. The third kappa shape index (κ3) is 3.82. The van der Waals surface area contributed by atoms with Crippen molar-refractivity contribution >= 4 is 11.7 Å². The minimum atomic E-state index is -0.323. The van der Waals surface area contributed by atoms with E-state index in [1.807, 2.05) is 20.8 Å². The van der Waals surface area contributed by atoms with Gasteiger partial charge >= 0.3 is 6.03 Å². The van der Waals surface area contributed by atoms with Gasteiger partial charge in [-0.3, -0.25) is 0 Å². The smallest absolute Gasteiger partial charge is 0.322 e. The summed E-state index contributed by atoms with van der Waals surface area (Å²) in [5.74, 6) is 1.60. The van der Waals surface area contributed by atoms with E-state index in [0.717, 1.165) is 5.82 Å². The predicted octanol–water partition coefficient (Wildman–Crippen LogP) is 2.46. The molecule has 1 fully saturated rings. The predicted molar refractivity (Wildman–Crippen MR) is 93.6 cm³/mol. The molecule has 1 aliphatic heterocycles. The average molecular weight is 360 g/mol. The van der Waals surface area contributed by atoms with Gasteiger partial charge < -0.3 is 19.4 Å². The van der Waals surface area contributed by atoms with Crippen molar-refractivity contribution in [3.8, 4) is 0 Å². The fourth-order valence-electron chi connectivity index (χ4n) is 2.85. The van der Waals surface area contributed by atoms with Gasteiger partial charge in [-0.05, 0) is 0 Å². The summed E-state index contributed by atoms with van der Waals surface area (Å²) in [4.78, 5) is 23.1. The lowest BCUT2D eigenvalue weighted by molar-refractivity contribution is 0.111. The molecule has 1 aliphatic rings. The van der Waals surface area contributed by atoms with E-state index in [4.69, 9.17) is 9.15 Å². The zero-order valence-corrected chi connectivity index (χ0v) is 15.7. The number of amides is 2. The van der Waals surface area contributed by atoms with Crippen LogP contribution < -0.4 is 5.32 Å². The van der Waals surface area contributed by atoms with Gasteiger partial charge in [-0.15, -0.1) is 10.2 Å². The van der Waals surface area contributed by atoms with Crippen molar-refractivity contribution in [3.63, 3.8) is 0 Å². The minimum absolute atomic E-state index is 0.0857. The maximum atomic E-state index is 12.8. The first-order valence-corrected chi connectivity index (χ1v) is 8.51. The number of methoxy groups -OCH3 is 1. The van der Waals surface area contributed by atoms with Crippen molar-refractivity contribution in [2.45, 2.75) is 51.7 Å². The first-order valence-electron chi connectivity index (χ1n) is 8.51. The Morgan fingerprint density at radius 2 is 2.00 bits per heavy atom. The standard InChI is InChI=1S/C17H24N6O3/c1-10-21-22-14(26-10)13-6-12(25-5)9-23(13)16(24)20-11-7-18-15(19-8-11)17(2,3)4/h7-8,12-13H,6,9H2,1-5H3,(H,20,24)/t12-,13+/m0/s1. The van der Waals surface area contributed by atoms with Crippen molar-refractivity contribution < 1.29 is 13.9 Å². The third-order valence-electron chi connectivity index (χ3n) is 4.26. The number of ether oxygens (including phenoxy) is 1. The summed E-state index contributed by atoms with van der Waals surface area (Å²) in [6.07, 6.45) is 3.74. The van der Waals surface area contributed by atoms with E-state index in [0.29, 0.717) is 30.4 Å². The molecule has 3 rings (SSSR count). The van der Waals surface area contributed by atoms with E-state index >= 15 is 0 Å². The first-order chi connectivity index (χ1) is 12.3. The molecule has 0 aromatic carbocycles. The van der Waals surface area contributed by atoms with E-state index in [-0.39, 0.29) is 23.6 Å². The van der Waals surface area contributed by atoms with E-state index in [2.05, 4.69) is 25.5 Å². The third-order valence-corrected chi connectivity index (χ3v) is 4.26. The lowest BCUT2D eigenvalue weighted by Crippen LogP contribution is -2.36. The highest BCUT2D eigenvalue weighted by molar-refractivity contribution is 5.89. The lowest BCUT2D eigenvalue weighted by atomic mass is 9.96. The SMILES string of the molecule is CO[C@H]1C[C@H](c2nnc(C)o2)N(C(=O)Nc2cnc(C(C)(C)C)nc2)C1. The Hall–Kier alpha value is -2.55. The van der Waals surface area contributed by atoms with Gasteiger partial charge in [0.15, 0.2) is 0 Å². The zero-order valence-electron chi connectivity index (χ0n) is 15.7. The molecule has 26 heavy (non-hydrogen) atoms. The zero-order chi connectivity index (χ0) is 18.9. The maximum absolute atomic E-state index is 12.8. The molecule has 2 atom stereocenters. The first kappa shape index (κ1) is 18.2.